The molecule has 2 aromatic carbocycles. The van der Waals surface area contributed by atoms with Crippen molar-refractivity contribution in [3.63, 3.8) is 0 Å². The Balaban J connectivity index is 1.98. The van der Waals surface area contributed by atoms with Gasteiger partial charge in [0.05, 0.1) is 23.1 Å². The van der Waals surface area contributed by atoms with Gasteiger partial charge >= 0.3 is 12.3 Å². The summed E-state index contributed by atoms with van der Waals surface area (Å²) < 4.78 is 67.3. The number of aliphatic carboxylic acids is 1. The number of carbonyl (C=O) groups is 3. The highest BCUT2D eigenvalue weighted by Gasteiger charge is 2.31. The van der Waals surface area contributed by atoms with E-state index in [-0.39, 0.29) is 21.9 Å². The number of ether oxygens (including phenoxy) is 1. The molecule has 0 spiro atoms. The smallest absolute Gasteiger partial charge is 0.481 e. The molecule has 0 aromatic heterocycles. The van der Waals surface area contributed by atoms with Gasteiger partial charge in [0.15, 0.2) is 5.78 Å². The molecule has 4 N–H and O–H groups in total. The van der Waals surface area contributed by atoms with Crippen LogP contribution in [0, 0.1) is 0 Å². The number of anilines is 1. The summed E-state index contributed by atoms with van der Waals surface area (Å²) in [5.41, 5.74) is 5.66. The summed E-state index contributed by atoms with van der Waals surface area (Å²) in [6.07, 6.45) is -5.47. The van der Waals surface area contributed by atoms with Gasteiger partial charge in [-0.1, -0.05) is 11.8 Å². The van der Waals surface area contributed by atoms with Crippen LogP contribution in [0.15, 0.2) is 53.4 Å². The lowest BCUT2D eigenvalue weighted by Crippen LogP contribution is -2.31. The summed E-state index contributed by atoms with van der Waals surface area (Å²) in [6.45, 7) is 0. The molecule has 0 saturated heterocycles. The normalized spacial score (nSPS) is 12.6. The van der Waals surface area contributed by atoms with E-state index in [0.717, 1.165) is 24.3 Å². The van der Waals surface area contributed by atoms with Crippen LogP contribution < -0.4 is 15.2 Å². The maximum Gasteiger partial charge on any atom is 0.573 e. The Morgan fingerprint density at radius 3 is 2.15 bits per heavy atom. The second-order valence-electron chi connectivity index (χ2n) is 6.44. The number of alkyl halides is 3. The van der Waals surface area contributed by atoms with E-state index in [2.05, 4.69) is 9.46 Å². The number of hydrogen-bond donors (Lipinski definition) is 3. The molecule has 0 radical (unpaired) electrons. The van der Waals surface area contributed by atoms with Crippen LogP contribution in [0.25, 0.3) is 0 Å². The third-order valence-corrected chi connectivity index (χ3v) is 6.26. The van der Waals surface area contributed by atoms with E-state index in [4.69, 9.17) is 10.8 Å². The number of hydrogen-bond acceptors (Lipinski definition) is 8. The number of benzene rings is 2. The molecule has 14 heteroatoms. The van der Waals surface area contributed by atoms with E-state index in [1.54, 1.807) is 0 Å². The lowest BCUT2D eigenvalue weighted by Gasteiger charge is -2.11. The van der Waals surface area contributed by atoms with Crippen molar-refractivity contribution in [2.75, 3.05) is 10.5 Å². The van der Waals surface area contributed by atoms with Crippen molar-refractivity contribution < 1.29 is 45.8 Å². The van der Waals surface area contributed by atoms with E-state index < -0.39 is 51.5 Å². The monoisotopic (exact) mass is 506 g/mol. The van der Waals surface area contributed by atoms with Crippen molar-refractivity contribution >= 4 is 44.3 Å². The Hall–Kier alpha value is -3.10. The van der Waals surface area contributed by atoms with Crippen LogP contribution in [0.5, 0.6) is 5.75 Å². The molecule has 0 heterocycles. The second-order valence-corrected chi connectivity index (χ2v) is 9.10. The number of nitrogens with two attached hydrogens (primary N) is 1. The van der Waals surface area contributed by atoms with Gasteiger partial charge in [-0.2, -0.15) is 0 Å². The van der Waals surface area contributed by atoms with Crippen LogP contribution in [-0.4, -0.2) is 48.5 Å². The number of carboxylic acid groups (broad SMARTS) is 1. The molecule has 0 saturated carbocycles. The number of sulfonamides is 1. The summed E-state index contributed by atoms with van der Waals surface area (Å²) in [4.78, 5) is 34.2. The average Bonchev–Trinajstić information content (AvgIpc) is 2.70. The first kappa shape index (κ1) is 26.2. The summed E-state index contributed by atoms with van der Waals surface area (Å²) in [7, 11) is -4.13. The number of ketones is 1. The maximum absolute atomic E-state index is 12.4. The highest BCUT2D eigenvalue weighted by Crippen LogP contribution is 2.25. The van der Waals surface area contributed by atoms with E-state index in [1.165, 1.54) is 24.3 Å². The molecular weight excluding hydrogens is 489 g/mol. The van der Waals surface area contributed by atoms with E-state index in [9.17, 15) is 36.0 Å². The molecule has 0 amide bonds. The number of Topliss-reactive ketones (excluding diaryl/α,β-unsaturated/α-hetero) is 1. The van der Waals surface area contributed by atoms with Crippen LogP contribution in [0.2, 0.25) is 0 Å². The Morgan fingerprint density at radius 1 is 1.06 bits per heavy atom. The summed E-state index contributed by atoms with van der Waals surface area (Å²) >= 11 is 0.576. The second kappa shape index (κ2) is 10.7. The van der Waals surface area contributed by atoms with E-state index >= 15 is 0 Å². The minimum atomic E-state index is -4.91. The van der Waals surface area contributed by atoms with Crippen LogP contribution in [0.3, 0.4) is 0 Å². The van der Waals surface area contributed by atoms with Gasteiger partial charge < -0.3 is 15.6 Å². The zero-order valence-electron chi connectivity index (χ0n) is 16.5. The molecule has 1 unspecified atom stereocenters. The maximum atomic E-state index is 12.4. The van der Waals surface area contributed by atoms with Crippen molar-refractivity contribution in [2.24, 2.45) is 5.73 Å². The van der Waals surface area contributed by atoms with Gasteiger partial charge in [-0.15, -0.1) is 13.2 Å². The molecule has 9 nitrogen and oxygen atoms in total. The third-order valence-electron chi connectivity index (χ3n) is 3.87. The Bertz CT molecular complexity index is 1120. The van der Waals surface area contributed by atoms with Crippen molar-refractivity contribution in [3.05, 3.63) is 54.1 Å². The molecule has 178 valence electrons. The zero-order chi connectivity index (χ0) is 24.8. The minimum Gasteiger partial charge on any atom is -0.481 e. The first-order valence-corrected chi connectivity index (χ1v) is 11.4. The number of carboxylic acids is 1. The van der Waals surface area contributed by atoms with Gasteiger partial charge in [0.25, 0.3) is 10.0 Å². The average molecular weight is 506 g/mol. The number of thioether (sulfide) groups is 1. The lowest BCUT2D eigenvalue weighted by atomic mass is 10.1. The molecule has 0 aliphatic rings. The van der Waals surface area contributed by atoms with Gasteiger partial charge in [-0.25, -0.2) is 8.42 Å². The highest BCUT2D eigenvalue weighted by molar-refractivity contribution is 8.14. The van der Waals surface area contributed by atoms with E-state index in [0.29, 0.717) is 11.8 Å². The van der Waals surface area contributed by atoms with Crippen molar-refractivity contribution in [1.29, 1.82) is 0 Å². The number of halogens is 3. The number of nitrogens with one attached hydrogen (secondary N) is 1. The van der Waals surface area contributed by atoms with E-state index in [1.807, 2.05) is 0 Å². The molecule has 0 aliphatic carbocycles. The predicted molar refractivity (Wildman–Crippen MR) is 112 cm³/mol. The Kier molecular flexibility index (Phi) is 8.46. The van der Waals surface area contributed by atoms with Gasteiger partial charge in [0, 0.05) is 11.3 Å². The minimum absolute atomic E-state index is 0.0781. The van der Waals surface area contributed by atoms with Gasteiger partial charge in [-0.3, -0.25) is 19.1 Å². The summed E-state index contributed by atoms with van der Waals surface area (Å²) in [6, 6.07) is 7.52. The van der Waals surface area contributed by atoms with Crippen LogP contribution in [0.4, 0.5) is 18.9 Å². The zero-order valence-corrected chi connectivity index (χ0v) is 18.2. The third kappa shape index (κ3) is 8.40. The fourth-order valence-electron chi connectivity index (χ4n) is 2.36. The topological polar surface area (TPSA) is 153 Å². The molecule has 0 fully saturated rings. The quantitative estimate of drug-likeness (QED) is 0.413. The molecule has 0 aliphatic heterocycles. The molecule has 0 bridgehead atoms. The summed E-state index contributed by atoms with van der Waals surface area (Å²) in [5, 5.41) is 7.97. The fourth-order valence-corrected chi connectivity index (χ4v) is 4.15. The molecule has 33 heavy (non-hydrogen) atoms. The first-order chi connectivity index (χ1) is 15.3. The largest absolute Gasteiger partial charge is 0.573 e. The number of carbonyl (C=O) groups excluding carboxylic acids is 2. The highest BCUT2D eigenvalue weighted by atomic mass is 32.2. The van der Waals surface area contributed by atoms with Gasteiger partial charge in [0.1, 0.15) is 5.75 Å². The SMILES string of the molecule is NC(CC(=O)O)C(=O)SCC(=O)c1ccc(NS(=O)(=O)c2ccc(OC(F)(F)F)cc2)cc1. The predicted octanol–water partition coefficient (Wildman–Crippen LogP) is 2.63. The Labute approximate surface area is 190 Å². The lowest BCUT2D eigenvalue weighted by molar-refractivity contribution is -0.274. The van der Waals surface area contributed by atoms with Crippen molar-refractivity contribution in [3.8, 4) is 5.75 Å². The fraction of sp³-hybridized carbons (Fsp3) is 0.211. The molecule has 2 rings (SSSR count). The summed E-state index contributed by atoms with van der Waals surface area (Å²) in [5.74, 6) is -2.58. The van der Waals surface area contributed by atoms with Gasteiger partial charge in [0.2, 0.25) is 5.12 Å². The first-order valence-electron chi connectivity index (χ1n) is 8.93. The molecule has 2 aromatic rings. The molecule has 1 atom stereocenters. The van der Waals surface area contributed by atoms with Gasteiger partial charge in [-0.05, 0) is 48.5 Å². The Morgan fingerprint density at radius 2 is 1.64 bits per heavy atom. The van der Waals surface area contributed by atoms with Crippen molar-refractivity contribution in [2.45, 2.75) is 23.7 Å². The van der Waals surface area contributed by atoms with Crippen LogP contribution >= 0.6 is 11.8 Å². The van der Waals surface area contributed by atoms with Crippen molar-refractivity contribution in [1.82, 2.24) is 0 Å². The van der Waals surface area contributed by atoms with Crippen LogP contribution in [0.1, 0.15) is 16.8 Å². The van der Waals surface area contributed by atoms with Crippen LogP contribution in [-0.2, 0) is 19.6 Å². The molecular formula is C19H17F3N2O7S2. The standard InChI is InChI=1S/C19H17F3N2O7S2/c20-19(21,22)31-13-5-7-14(8-6-13)33(29,30)24-12-3-1-11(2-4-12)16(25)10-32-18(28)15(23)9-17(26)27/h1-8,15,24H,9-10,23H2,(H,26,27). The number of rotatable bonds is 10.